The Labute approximate surface area is 228 Å². The molecule has 9 nitrogen and oxygen atoms in total. The Morgan fingerprint density at radius 2 is 1.93 bits per heavy atom. The summed E-state index contributed by atoms with van der Waals surface area (Å²) in [7, 11) is 7.04. The molecule has 6 rings (SSSR count). The van der Waals surface area contributed by atoms with Crippen LogP contribution in [0.4, 0.5) is 20.2 Å². The van der Waals surface area contributed by atoms with Gasteiger partial charge < -0.3 is 24.8 Å². The van der Waals surface area contributed by atoms with Gasteiger partial charge in [-0.15, -0.1) is 0 Å². The Kier molecular flexibility index (Phi) is 6.06. The van der Waals surface area contributed by atoms with E-state index in [-0.39, 0.29) is 23.5 Å². The lowest BCUT2D eigenvalue weighted by Gasteiger charge is -2.26. The zero-order valence-corrected chi connectivity index (χ0v) is 22.5. The molecule has 1 aromatic carbocycles. The number of benzene rings is 1. The third-order valence-corrected chi connectivity index (χ3v) is 7.98. The second-order valence-electron chi connectivity index (χ2n) is 10.6. The van der Waals surface area contributed by atoms with Crippen LogP contribution in [0.25, 0.3) is 33.3 Å². The number of rotatable bonds is 5. The number of nitrogens with zero attached hydrogens (tertiary/aromatic N) is 5. The predicted octanol–water partition coefficient (Wildman–Crippen LogP) is 3.53. The number of carboxylic acids is 1. The van der Waals surface area contributed by atoms with Gasteiger partial charge in [0, 0.05) is 68.0 Å². The van der Waals surface area contributed by atoms with Crippen LogP contribution in [-0.4, -0.2) is 77.0 Å². The van der Waals surface area contributed by atoms with Crippen molar-refractivity contribution < 1.29 is 18.7 Å². The molecule has 0 bridgehead atoms. The number of nitrogens with one attached hydrogen (secondary N) is 1. The largest absolute Gasteiger partial charge is 0.477 e. The molecular weight excluding hydrogens is 518 g/mol. The molecule has 0 unspecified atom stereocenters. The van der Waals surface area contributed by atoms with E-state index >= 15 is 4.39 Å². The number of carboxylic acid groups (broad SMARTS) is 1. The molecule has 2 aliphatic rings. The van der Waals surface area contributed by atoms with Gasteiger partial charge in [-0.05, 0) is 43.4 Å². The van der Waals surface area contributed by atoms with Gasteiger partial charge in [0.25, 0.3) is 0 Å². The number of likely N-dealkylation sites (N-methyl/N-ethyl adjacent to an activating group) is 1. The minimum Gasteiger partial charge on any atom is -0.477 e. The van der Waals surface area contributed by atoms with Gasteiger partial charge in [0.05, 0.1) is 29.4 Å². The fourth-order valence-electron chi connectivity index (χ4n) is 6.02. The maximum atomic E-state index is 15.3. The quantitative estimate of drug-likeness (QED) is 0.345. The molecule has 40 heavy (non-hydrogen) atoms. The Morgan fingerprint density at radius 3 is 2.60 bits per heavy atom. The van der Waals surface area contributed by atoms with Gasteiger partial charge in [0.2, 0.25) is 5.43 Å². The Bertz CT molecular complexity index is 1770. The zero-order valence-electron chi connectivity index (χ0n) is 22.5. The van der Waals surface area contributed by atoms with Gasteiger partial charge in [-0.25, -0.2) is 18.6 Å². The first kappa shape index (κ1) is 25.9. The predicted molar refractivity (Wildman–Crippen MR) is 150 cm³/mol. The number of aryl methyl sites for hydroxylation is 1. The van der Waals surface area contributed by atoms with Crippen molar-refractivity contribution in [3.8, 4) is 22.3 Å². The van der Waals surface area contributed by atoms with E-state index in [2.05, 4.69) is 10.3 Å². The third kappa shape index (κ3) is 3.91. The van der Waals surface area contributed by atoms with Gasteiger partial charge in [0.15, 0.2) is 0 Å². The molecular formula is C29H28F2N6O3. The zero-order chi connectivity index (χ0) is 28.5. The Balaban J connectivity index is 1.63. The van der Waals surface area contributed by atoms with E-state index in [1.165, 1.54) is 22.9 Å². The summed E-state index contributed by atoms with van der Waals surface area (Å²) >= 11 is 0. The topological polar surface area (TPSA) is 104 Å². The standard InChI is InChI=1S/C29H28F2N6O3/c1-32-22-7-15(30)6-17-16(22)8-23-25(17)26(37-12-21(31)24(13-37)35(2)3)19(10-33-23)14-5-18-27(38)20(29(39)40)11-36(4)28(18)34-9-14/h5-7,9-11,21,24,32H,8,12-13H2,1-4H3,(H,39,40)/t21-,24-/m0/s1. The fourth-order valence-corrected chi connectivity index (χ4v) is 6.02. The monoisotopic (exact) mass is 546 g/mol. The van der Waals surface area contributed by atoms with Gasteiger partial charge >= 0.3 is 5.97 Å². The van der Waals surface area contributed by atoms with Gasteiger partial charge in [-0.2, -0.15) is 0 Å². The minimum absolute atomic E-state index is 0.127. The third-order valence-electron chi connectivity index (χ3n) is 7.98. The summed E-state index contributed by atoms with van der Waals surface area (Å²) in [6.07, 6.45) is 3.90. The molecule has 1 fully saturated rings. The van der Waals surface area contributed by atoms with Crippen molar-refractivity contribution in [3.05, 3.63) is 69.7 Å². The van der Waals surface area contributed by atoms with Crippen molar-refractivity contribution in [3.63, 3.8) is 0 Å². The van der Waals surface area contributed by atoms with Crippen LogP contribution >= 0.6 is 0 Å². The molecule has 2 atom stereocenters. The van der Waals surface area contributed by atoms with Gasteiger partial charge in [-0.1, -0.05) is 0 Å². The van der Waals surface area contributed by atoms with Gasteiger partial charge in [-0.3, -0.25) is 9.78 Å². The summed E-state index contributed by atoms with van der Waals surface area (Å²) in [5, 5.41) is 12.8. The van der Waals surface area contributed by atoms with E-state index < -0.39 is 23.4 Å². The average molecular weight is 547 g/mol. The highest BCUT2D eigenvalue weighted by Crippen LogP contribution is 2.49. The first-order valence-electron chi connectivity index (χ1n) is 12.9. The number of alkyl halides is 1. The molecule has 4 heterocycles. The van der Waals surface area contributed by atoms with Crippen molar-refractivity contribution in [1.29, 1.82) is 0 Å². The Hall–Kier alpha value is -4.38. The molecule has 11 heteroatoms. The number of hydrogen-bond donors (Lipinski definition) is 2. The first-order chi connectivity index (χ1) is 19.1. The summed E-state index contributed by atoms with van der Waals surface area (Å²) in [6.45, 7) is 0.523. The summed E-state index contributed by atoms with van der Waals surface area (Å²) in [5.41, 5.74) is 4.87. The van der Waals surface area contributed by atoms with Crippen molar-refractivity contribution >= 4 is 28.4 Å². The summed E-state index contributed by atoms with van der Waals surface area (Å²) in [5.74, 6) is -1.73. The van der Waals surface area contributed by atoms with E-state index in [0.717, 1.165) is 16.8 Å². The summed E-state index contributed by atoms with van der Waals surface area (Å²) < 4.78 is 31.6. The normalized spacial score (nSPS) is 17.9. The van der Waals surface area contributed by atoms with Crippen LogP contribution in [0.1, 0.15) is 21.6 Å². The molecule has 4 aromatic rings. The highest BCUT2D eigenvalue weighted by atomic mass is 19.1. The van der Waals surface area contributed by atoms with Crippen LogP contribution in [0, 0.1) is 5.82 Å². The summed E-state index contributed by atoms with van der Waals surface area (Å²) in [4.78, 5) is 37.9. The lowest BCUT2D eigenvalue weighted by molar-refractivity contribution is 0.0695. The van der Waals surface area contributed by atoms with Crippen molar-refractivity contribution in [2.45, 2.75) is 18.6 Å². The van der Waals surface area contributed by atoms with Crippen LogP contribution in [0.5, 0.6) is 0 Å². The van der Waals surface area contributed by atoms with Crippen molar-refractivity contribution in [2.24, 2.45) is 7.05 Å². The number of anilines is 2. The van der Waals surface area contributed by atoms with Crippen LogP contribution in [0.2, 0.25) is 0 Å². The second-order valence-corrected chi connectivity index (χ2v) is 10.6. The highest BCUT2D eigenvalue weighted by molar-refractivity contribution is 5.98. The first-order valence-corrected chi connectivity index (χ1v) is 12.9. The van der Waals surface area contributed by atoms with Gasteiger partial charge in [0.1, 0.15) is 23.2 Å². The molecule has 0 radical (unpaired) electrons. The fraction of sp³-hybridized carbons (Fsp3) is 0.310. The van der Waals surface area contributed by atoms with E-state index in [4.69, 9.17) is 4.98 Å². The maximum Gasteiger partial charge on any atom is 0.341 e. The molecule has 1 aliphatic carbocycles. The molecule has 1 saturated heterocycles. The number of hydrogen-bond acceptors (Lipinski definition) is 7. The highest BCUT2D eigenvalue weighted by Gasteiger charge is 2.38. The minimum atomic E-state index is -1.33. The number of pyridine rings is 3. The average Bonchev–Trinajstić information content (AvgIpc) is 3.49. The van der Waals surface area contributed by atoms with Crippen LogP contribution in [0.3, 0.4) is 0 Å². The SMILES string of the molecule is CNc1cc(F)cc2c1Cc1ncc(-c3cnc4c(c3)c(=O)c(C(=O)O)cn4C)c(N3C[C@H](F)[C@@H](N(C)C)C3)c1-2. The number of aromatic carboxylic acids is 1. The number of fused-ring (bicyclic) bond motifs is 4. The number of carbonyl (C=O) groups is 1. The van der Waals surface area contributed by atoms with Crippen molar-refractivity contribution in [2.75, 3.05) is 44.4 Å². The van der Waals surface area contributed by atoms with E-state index in [9.17, 15) is 19.1 Å². The number of halogens is 2. The maximum absolute atomic E-state index is 15.3. The molecule has 0 saturated carbocycles. The molecule has 1 aliphatic heterocycles. The molecule has 0 amide bonds. The van der Waals surface area contributed by atoms with E-state index in [1.54, 1.807) is 32.6 Å². The lowest BCUT2D eigenvalue weighted by atomic mass is 9.97. The molecule has 206 valence electrons. The number of aromatic nitrogens is 3. The van der Waals surface area contributed by atoms with Crippen molar-refractivity contribution in [1.82, 2.24) is 19.4 Å². The van der Waals surface area contributed by atoms with Crippen LogP contribution in [-0.2, 0) is 13.5 Å². The Morgan fingerprint density at radius 1 is 1.15 bits per heavy atom. The van der Waals surface area contributed by atoms with Crippen LogP contribution in [0.15, 0.2) is 41.6 Å². The van der Waals surface area contributed by atoms with E-state index in [0.29, 0.717) is 46.7 Å². The lowest BCUT2D eigenvalue weighted by Crippen LogP contribution is -2.36. The molecule has 0 spiro atoms. The van der Waals surface area contributed by atoms with E-state index in [1.807, 2.05) is 23.9 Å². The van der Waals surface area contributed by atoms with Crippen LogP contribution < -0.4 is 15.6 Å². The summed E-state index contributed by atoms with van der Waals surface area (Å²) in [6, 6.07) is 4.19. The second kappa shape index (κ2) is 9.37. The molecule has 3 aromatic heterocycles. The smallest absolute Gasteiger partial charge is 0.341 e. The molecule has 2 N–H and O–H groups in total.